The van der Waals surface area contributed by atoms with E-state index in [1.807, 2.05) is 60.7 Å². The van der Waals surface area contributed by atoms with Crippen molar-refractivity contribution in [1.82, 2.24) is 0 Å². The molecule has 4 aromatic carbocycles. The quantitative estimate of drug-likeness (QED) is 0.195. The summed E-state index contributed by atoms with van der Waals surface area (Å²) in [5.74, 6) is 0.784. The van der Waals surface area contributed by atoms with Gasteiger partial charge < -0.3 is 20.1 Å². The second-order valence-corrected chi connectivity index (χ2v) is 11.5. The van der Waals surface area contributed by atoms with Crippen molar-refractivity contribution < 1.29 is 27.5 Å². The van der Waals surface area contributed by atoms with E-state index in [9.17, 15) is 18.0 Å². The summed E-state index contributed by atoms with van der Waals surface area (Å²) in [6, 6.07) is 24.0. The average Bonchev–Trinajstić information content (AvgIpc) is 2.99. The Labute approximate surface area is 251 Å². The number of hydrogen-bond acceptors (Lipinski definition) is 6. The molecule has 8 nitrogen and oxygen atoms in total. The Kier molecular flexibility index (Phi) is 9.80. The van der Waals surface area contributed by atoms with Gasteiger partial charge in [-0.1, -0.05) is 60.7 Å². The third-order valence-corrected chi connectivity index (χ3v) is 8.18. The molecule has 4 rings (SSSR count). The minimum atomic E-state index is -4.02. The lowest BCUT2D eigenvalue weighted by atomic mass is 10.1. The third kappa shape index (κ3) is 7.99. The third-order valence-electron chi connectivity index (χ3n) is 6.43. The van der Waals surface area contributed by atoms with E-state index < -0.39 is 9.84 Å². The van der Waals surface area contributed by atoms with Crippen molar-refractivity contribution >= 4 is 57.3 Å². The molecule has 0 saturated heterocycles. The molecule has 0 aliphatic heterocycles. The first-order chi connectivity index (χ1) is 20.6. The van der Waals surface area contributed by atoms with E-state index in [1.165, 1.54) is 38.1 Å². The standard InChI is InChI=1S/C34H32N2O6S/c1-23(37)35-33-21-31(19-13-27(33)11-5-25-7-15-29(41-3)16-8-25)43(39,40)32-20-14-28(34(22-32)36-24(2)38)12-6-26-9-17-30(42-4)18-10-26/h5-22H,1-4H3,(H,35,37)(H,36,38)/b11-5+,12-6+. The van der Waals surface area contributed by atoms with Crippen LogP contribution in [0.25, 0.3) is 24.3 Å². The number of amides is 2. The zero-order valence-electron chi connectivity index (χ0n) is 24.3. The van der Waals surface area contributed by atoms with Crippen LogP contribution in [0.15, 0.2) is 94.7 Å². The van der Waals surface area contributed by atoms with Gasteiger partial charge in [0.2, 0.25) is 21.7 Å². The Bertz CT molecular complexity index is 1670. The normalized spacial score (nSPS) is 11.4. The van der Waals surface area contributed by atoms with Crippen molar-refractivity contribution in [3.8, 4) is 11.5 Å². The summed E-state index contributed by atoms with van der Waals surface area (Å²) in [4.78, 5) is 23.9. The summed E-state index contributed by atoms with van der Waals surface area (Å²) in [7, 11) is -0.830. The topological polar surface area (TPSA) is 111 Å². The van der Waals surface area contributed by atoms with Crippen LogP contribution in [0, 0.1) is 0 Å². The monoisotopic (exact) mass is 596 g/mol. The van der Waals surface area contributed by atoms with Crippen molar-refractivity contribution in [3.05, 3.63) is 107 Å². The van der Waals surface area contributed by atoms with Gasteiger partial charge in [-0.3, -0.25) is 9.59 Å². The number of hydrogen-bond donors (Lipinski definition) is 2. The highest BCUT2D eigenvalue weighted by Crippen LogP contribution is 2.31. The summed E-state index contributed by atoms with van der Waals surface area (Å²) < 4.78 is 37.8. The molecular weight excluding hydrogens is 564 g/mol. The molecule has 0 saturated carbocycles. The number of nitrogens with one attached hydrogen (secondary N) is 2. The molecule has 0 fully saturated rings. The van der Waals surface area contributed by atoms with Gasteiger partial charge in [-0.05, 0) is 70.8 Å². The maximum absolute atomic E-state index is 13.7. The smallest absolute Gasteiger partial charge is 0.221 e. The van der Waals surface area contributed by atoms with Crippen molar-refractivity contribution in [2.45, 2.75) is 23.6 Å². The molecule has 2 N–H and O–H groups in total. The number of anilines is 2. The average molecular weight is 597 g/mol. The Balaban J connectivity index is 1.67. The van der Waals surface area contributed by atoms with Crippen LogP contribution in [-0.2, 0) is 19.4 Å². The highest BCUT2D eigenvalue weighted by Gasteiger charge is 2.21. The molecule has 4 aromatic rings. The molecule has 220 valence electrons. The molecule has 0 unspecified atom stereocenters. The van der Waals surface area contributed by atoms with E-state index in [4.69, 9.17) is 9.47 Å². The highest BCUT2D eigenvalue weighted by atomic mass is 32.2. The number of carbonyl (C=O) groups is 2. The number of carbonyl (C=O) groups excluding carboxylic acids is 2. The van der Waals surface area contributed by atoms with Crippen LogP contribution < -0.4 is 20.1 Å². The summed E-state index contributed by atoms with van der Waals surface area (Å²) in [5.41, 5.74) is 3.75. The Morgan fingerprint density at radius 1 is 0.581 bits per heavy atom. The maximum Gasteiger partial charge on any atom is 0.221 e. The van der Waals surface area contributed by atoms with Gasteiger partial charge >= 0.3 is 0 Å². The predicted octanol–water partition coefficient (Wildman–Crippen LogP) is 6.79. The Morgan fingerprint density at radius 2 is 0.953 bits per heavy atom. The van der Waals surface area contributed by atoms with E-state index in [2.05, 4.69) is 10.6 Å². The Hall–Kier alpha value is -5.15. The lowest BCUT2D eigenvalue weighted by molar-refractivity contribution is -0.115. The minimum Gasteiger partial charge on any atom is -0.497 e. The molecular formula is C34H32N2O6S. The highest BCUT2D eigenvalue weighted by molar-refractivity contribution is 7.91. The summed E-state index contributed by atoms with van der Waals surface area (Å²) >= 11 is 0. The van der Waals surface area contributed by atoms with Crippen molar-refractivity contribution in [2.24, 2.45) is 0 Å². The molecule has 9 heteroatoms. The zero-order chi connectivity index (χ0) is 31.0. The van der Waals surface area contributed by atoms with Crippen LogP contribution in [0.3, 0.4) is 0 Å². The first-order valence-corrected chi connectivity index (χ1v) is 14.8. The summed E-state index contributed by atoms with van der Waals surface area (Å²) in [6.07, 6.45) is 7.29. The number of methoxy groups -OCH3 is 2. The first-order valence-electron chi connectivity index (χ1n) is 13.3. The van der Waals surface area contributed by atoms with Crippen LogP contribution in [0.1, 0.15) is 36.1 Å². The van der Waals surface area contributed by atoms with E-state index in [0.717, 1.165) is 22.6 Å². The second-order valence-electron chi connectivity index (χ2n) is 9.58. The fraction of sp³-hybridized carbons (Fsp3) is 0.118. The van der Waals surface area contributed by atoms with Gasteiger partial charge in [0.1, 0.15) is 11.5 Å². The molecule has 43 heavy (non-hydrogen) atoms. The summed E-state index contributed by atoms with van der Waals surface area (Å²) in [6.45, 7) is 2.71. The molecule has 0 bridgehead atoms. The molecule has 0 aliphatic rings. The van der Waals surface area contributed by atoms with E-state index in [0.29, 0.717) is 22.5 Å². The molecule has 0 aromatic heterocycles. The van der Waals surface area contributed by atoms with E-state index >= 15 is 0 Å². The molecule has 0 aliphatic carbocycles. The van der Waals surface area contributed by atoms with Crippen LogP contribution in [0.4, 0.5) is 11.4 Å². The predicted molar refractivity (Wildman–Crippen MR) is 171 cm³/mol. The SMILES string of the molecule is COc1ccc(/C=C/c2ccc(S(=O)(=O)c3ccc(/C=C/c4ccc(OC)cc4)c(NC(C)=O)c3)cc2NC(C)=O)cc1. The second kappa shape index (κ2) is 13.7. The van der Waals surface area contributed by atoms with E-state index in [-0.39, 0.29) is 21.6 Å². The fourth-order valence-corrected chi connectivity index (χ4v) is 5.54. The van der Waals surface area contributed by atoms with Crippen molar-refractivity contribution in [1.29, 1.82) is 0 Å². The van der Waals surface area contributed by atoms with Gasteiger partial charge in [0.25, 0.3) is 0 Å². The largest absolute Gasteiger partial charge is 0.497 e. The first kappa shape index (κ1) is 30.8. The van der Waals surface area contributed by atoms with Crippen LogP contribution in [-0.4, -0.2) is 34.5 Å². The maximum atomic E-state index is 13.7. The molecule has 0 radical (unpaired) electrons. The van der Waals surface area contributed by atoms with Gasteiger partial charge in [0, 0.05) is 25.2 Å². The minimum absolute atomic E-state index is 0.00634. The number of ether oxygens (including phenoxy) is 2. The van der Waals surface area contributed by atoms with E-state index in [1.54, 1.807) is 38.5 Å². The summed E-state index contributed by atoms with van der Waals surface area (Å²) in [5, 5.41) is 5.46. The zero-order valence-corrected chi connectivity index (χ0v) is 25.1. The van der Waals surface area contributed by atoms with Gasteiger partial charge in [-0.25, -0.2) is 8.42 Å². The van der Waals surface area contributed by atoms with Crippen LogP contribution in [0.2, 0.25) is 0 Å². The number of sulfone groups is 1. The lowest BCUT2D eigenvalue weighted by Gasteiger charge is -2.13. The van der Waals surface area contributed by atoms with Gasteiger partial charge in [-0.15, -0.1) is 0 Å². The van der Waals surface area contributed by atoms with Gasteiger partial charge in [-0.2, -0.15) is 0 Å². The van der Waals surface area contributed by atoms with Crippen molar-refractivity contribution in [2.75, 3.05) is 24.9 Å². The van der Waals surface area contributed by atoms with Gasteiger partial charge in [0.15, 0.2) is 0 Å². The molecule has 2 amide bonds. The van der Waals surface area contributed by atoms with Crippen LogP contribution >= 0.6 is 0 Å². The number of benzene rings is 4. The lowest BCUT2D eigenvalue weighted by Crippen LogP contribution is -2.10. The molecule has 0 spiro atoms. The Morgan fingerprint density at radius 3 is 1.28 bits per heavy atom. The molecule has 0 heterocycles. The van der Waals surface area contributed by atoms with Crippen LogP contribution in [0.5, 0.6) is 11.5 Å². The van der Waals surface area contributed by atoms with Crippen molar-refractivity contribution in [3.63, 3.8) is 0 Å². The van der Waals surface area contributed by atoms with Gasteiger partial charge in [0.05, 0.1) is 24.0 Å². The number of rotatable bonds is 10. The fourth-order valence-electron chi connectivity index (χ4n) is 4.23. The molecule has 0 atom stereocenters.